The maximum Gasteiger partial charge on any atom is 0.407 e. The number of amides is 1. The monoisotopic (exact) mass is 419 g/mol. The van der Waals surface area contributed by atoms with Crippen molar-refractivity contribution in [3.8, 4) is 11.1 Å². The first-order valence-corrected chi connectivity index (χ1v) is 10.1. The number of carbonyl (C=O) groups is 2. The van der Waals surface area contributed by atoms with Crippen molar-refractivity contribution in [1.29, 1.82) is 0 Å². The summed E-state index contributed by atoms with van der Waals surface area (Å²) in [6.45, 7) is 0.176. The third-order valence-electron chi connectivity index (χ3n) is 6.27. The Morgan fingerprint density at radius 1 is 1.13 bits per heavy atom. The van der Waals surface area contributed by atoms with E-state index in [1.165, 1.54) is 4.68 Å². The summed E-state index contributed by atoms with van der Waals surface area (Å²) in [4.78, 5) is 24.1. The summed E-state index contributed by atoms with van der Waals surface area (Å²) in [6.07, 6.45) is -0.199. The molecule has 2 aliphatic rings. The van der Waals surface area contributed by atoms with Crippen LogP contribution in [0.4, 0.5) is 4.79 Å². The zero-order chi connectivity index (χ0) is 21.6. The predicted octanol–water partition coefficient (Wildman–Crippen LogP) is 2.44. The number of alkyl carbamates (subject to hydrolysis) is 1. The molecule has 31 heavy (non-hydrogen) atoms. The van der Waals surface area contributed by atoms with Crippen LogP contribution in [0.2, 0.25) is 0 Å². The Balaban J connectivity index is 1.33. The van der Waals surface area contributed by atoms with E-state index in [4.69, 9.17) is 4.74 Å². The standard InChI is InChI=1S/C22H21N5O4/c1-27-20(24-25-26-27)22(10-13(11-22)19(28)29)23-21(30)31-12-18-16-8-4-2-6-14(16)15-7-3-5-9-17(15)18/h2-9,13,18H,10-12H2,1H3,(H,23,30)(H,28,29). The second-order valence-corrected chi connectivity index (χ2v) is 8.10. The van der Waals surface area contributed by atoms with Crippen LogP contribution in [0.5, 0.6) is 0 Å². The maximum absolute atomic E-state index is 12.8. The molecule has 0 unspecified atom stereocenters. The lowest BCUT2D eigenvalue weighted by Gasteiger charge is -2.44. The first-order valence-electron chi connectivity index (χ1n) is 10.1. The number of hydrogen-bond acceptors (Lipinski definition) is 6. The van der Waals surface area contributed by atoms with Gasteiger partial charge in [-0.1, -0.05) is 48.5 Å². The SMILES string of the molecule is Cn1nnnc1C1(NC(=O)OCC2c3ccccc3-c3ccccc32)CC(C(=O)O)C1. The first-order chi connectivity index (χ1) is 15.0. The van der Waals surface area contributed by atoms with Crippen molar-refractivity contribution in [2.75, 3.05) is 6.61 Å². The molecule has 1 fully saturated rings. The van der Waals surface area contributed by atoms with Crippen molar-refractivity contribution in [3.63, 3.8) is 0 Å². The molecular weight excluding hydrogens is 398 g/mol. The van der Waals surface area contributed by atoms with Crippen LogP contribution in [0.25, 0.3) is 11.1 Å². The van der Waals surface area contributed by atoms with E-state index in [9.17, 15) is 14.7 Å². The average molecular weight is 419 g/mol. The molecule has 5 rings (SSSR count). The molecule has 1 amide bonds. The summed E-state index contributed by atoms with van der Waals surface area (Å²) >= 11 is 0. The predicted molar refractivity (Wildman–Crippen MR) is 109 cm³/mol. The van der Waals surface area contributed by atoms with Gasteiger partial charge in [-0.3, -0.25) is 4.79 Å². The molecule has 158 valence electrons. The highest BCUT2D eigenvalue weighted by molar-refractivity contribution is 5.79. The second-order valence-electron chi connectivity index (χ2n) is 8.10. The van der Waals surface area contributed by atoms with E-state index in [1.54, 1.807) is 7.05 Å². The van der Waals surface area contributed by atoms with Crippen LogP contribution in [-0.4, -0.2) is 44.0 Å². The van der Waals surface area contributed by atoms with Crippen molar-refractivity contribution in [3.05, 3.63) is 65.5 Å². The molecule has 0 aliphatic heterocycles. The van der Waals surface area contributed by atoms with Gasteiger partial charge < -0.3 is 15.2 Å². The van der Waals surface area contributed by atoms with E-state index < -0.39 is 23.5 Å². The van der Waals surface area contributed by atoms with Crippen LogP contribution >= 0.6 is 0 Å². The van der Waals surface area contributed by atoms with Gasteiger partial charge in [0.2, 0.25) is 0 Å². The topological polar surface area (TPSA) is 119 Å². The first kappa shape index (κ1) is 19.2. The largest absolute Gasteiger partial charge is 0.481 e. The van der Waals surface area contributed by atoms with Gasteiger partial charge in [0.05, 0.1) is 5.92 Å². The molecule has 2 N–H and O–H groups in total. The van der Waals surface area contributed by atoms with Crippen LogP contribution in [0.1, 0.15) is 35.7 Å². The number of tetrazole rings is 1. The molecule has 1 aromatic heterocycles. The normalized spacial score (nSPS) is 21.6. The van der Waals surface area contributed by atoms with Crippen molar-refractivity contribution in [1.82, 2.24) is 25.5 Å². The van der Waals surface area contributed by atoms with Gasteiger partial charge in [-0.05, 0) is 45.5 Å². The molecule has 0 saturated heterocycles. The van der Waals surface area contributed by atoms with E-state index in [2.05, 4.69) is 45.1 Å². The minimum atomic E-state index is -0.954. The number of rotatable bonds is 5. The Kier molecular flexibility index (Phi) is 4.46. The van der Waals surface area contributed by atoms with E-state index in [-0.39, 0.29) is 25.4 Å². The van der Waals surface area contributed by atoms with Gasteiger partial charge in [0.1, 0.15) is 12.1 Å². The third-order valence-corrected chi connectivity index (χ3v) is 6.27. The van der Waals surface area contributed by atoms with Gasteiger partial charge in [-0.15, -0.1) is 5.10 Å². The maximum atomic E-state index is 12.8. The number of carboxylic acids is 1. The quantitative estimate of drug-likeness (QED) is 0.652. The van der Waals surface area contributed by atoms with Gasteiger partial charge in [-0.25, -0.2) is 9.48 Å². The van der Waals surface area contributed by atoms with E-state index in [0.717, 1.165) is 22.3 Å². The molecule has 0 radical (unpaired) electrons. The number of hydrogen-bond donors (Lipinski definition) is 2. The Labute approximate surface area is 178 Å². The average Bonchev–Trinajstić information content (AvgIpc) is 3.30. The lowest BCUT2D eigenvalue weighted by Crippen LogP contribution is -2.57. The zero-order valence-corrected chi connectivity index (χ0v) is 16.9. The molecule has 2 aromatic carbocycles. The Bertz CT molecular complexity index is 1120. The molecule has 9 nitrogen and oxygen atoms in total. The number of aromatic nitrogens is 4. The molecule has 0 spiro atoms. The van der Waals surface area contributed by atoms with E-state index >= 15 is 0 Å². The van der Waals surface area contributed by atoms with Crippen molar-refractivity contribution in [2.45, 2.75) is 24.3 Å². The van der Waals surface area contributed by atoms with Crippen molar-refractivity contribution >= 4 is 12.1 Å². The second kappa shape index (κ2) is 7.19. The number of nitrogens with one attached hydrogen (secondary N) is 1. The minimum Gasteiger partial charge on any atom is -0.481 e. The summed E-state index contributed by atoms with van der Waals surface area (Å²) < 4.78 is 7.08. The van der Waals surface area contributed by atoms with Gasteiger partial charge in [0, 0.05) is 13.0 Å². The Morgan fingerprint density at radius 2 is 1.74 bits per heavy atom. The van der Waals surface area contributed by atoms with Gasteiger partial charge in [0.25, 0.3) is 0 Å². The number of ether oxygens (including phenoxy) is 1. The molecule has 0 atom stereocenters. The molecule has 1 saturated carbocycles. The molecule has 0 bridgehead atoms. The van der Waals surface area contributed by atoms with Crippen LogP contribution in [0, 0.1) is 5.92 Å². The zero-order valence-electron chi connectivity index (χ0n) is 16.9. The lowest BCUT2D eigenvalue weighted by atomic mass is 9.67. The summed E-state index contributed by atoms with van der Waals surface area (Å²) in [5.41, 5.74) is 3.59. The molecule has 1 heterocycles. The third kappa shape index (κ3) is 3.13. The molecule has 3 aromatic rings. The fourth-order valence-electron chi connectivity index (χ4n) is 4.76. The highest BCUT2D eigenvalue weighted by atomic mass is 16.5. The van der Waals surface area contributed by atoms with Gasteiger partial charge in [0.15, 0.2) is 5.82 Å². The number of nitrogens with zero attached hydrogens (tertiary/aromatic N) is 4. The van der Waals surface area contributed by atoms with Crippen molar-refractivity contribution in [2.24, 2.45) is 13.0 Å². The number of carboxylic acid groups (broad SMARTS) is 1. The van der Waals surface area contributed by atoms with Gasteiger partial charge >= 0.3 is 12.1 Å². The lowest BCUT2D eigenvalue weighted by molar-refractivity contribution is -0.148. The van der Waals surface area contributed by atoms with Crippen LogP contribution in [-0.2, 0) is 22.1 Å². The number of aryl methyl sites for hydroxylation is 1. The highest BCUT2D eigenvalue weighted by Crippen LogP contribution is 2.46. The van der Waals surface area contributed by atoms with E-state index in [1.807, 2.05) is 24.3 Å². The van der Waals surface area contributed by atoms with Crippen molar-refractivity contribution < 1.29 is 19.4 Å². The number of aliphatic carboxylic acids is 1. The summed E-state index contributed by atoms with van der Waals surface area (Å²) in [5, 5.41) is 23.6. The number of benzene rings is 2. The summed E-state index contributed by atoms with van der Waals surface area (Å²) in [6, 6.07) is 16.2. The minimum absolute atomic E-state index is 0.0567. The van der Waals surface area contributed by atoms with E-state index in [0.29, 0.717) is 5.82 Å². The number of fused-ring (bicyclic) bond motifs is 3. The van der Waals surface area contributed by atoms with Crippen LogP contribution < -0.4 is 5.32 Å². The van der Waals surface area contributed by atoms with Crippen LogP contribution in [0.15, 0.2) is 48.5 Å². The molecular formula is C22H21N5O4. The van der Waals surface area contributed by atoms with Crippen LogP contribution in [0.3, 0.4) is 0 Å². The Hall–Kier alpha value is -3.75. The molecule has 2 aliphatic carbocycles. The fourth-order valence-corrected chi connectivity index (χ4v) is 4.76. The summed E-state index contributed by atoms with van der Waals surface area (Å²) in [5.74, 6) is -1.11. The fraction of sp³-hybridized carbons (Fsp3) is 0.318. The van der Waals surface area contributed by atoms with Gasteiger partial charge in [-0.2, -0.15) is 0 Å². The number of carbonyl (C=O) groups excluding carboxylic acids is 1. The summed E-state index contributed by atoms with van der Waals surface area (Å²) in [7, 11) is 1.66. The highest BCUT2D eigenvalue weighted by Gasteiger charge is 2.53. The smallest absolute Gasteiger partial charge is 0.407 e. The Morgan fingerprint density at radius 3 is 2.29 bits per heavy atom. The molecule has 9 heteroatoms.